The normalized spacial score (nSPS) is 10.3. The van der Waals surface area contributed by atoms with Crippen LogP contribution in [0, 0.1) is 17.5 Å². The third-order valence-electron chi connectivity index (χ3n) is 3.45. The predicted octanol–water partition coefficient (Wildman–Crippen LogP) is 3.49. The number of ether oxygens (including phenoxy) is 1. The number of anilines is 2. The van der Waals surface area contributed by atoms with Crippen LogP contribution in [0.4, 0.5) is 24.5 Å². The Hall–Kier alpha value is -3.03. The zero-order valence-electron chi connectivity index (χ0n) is 14.2. The van der Waals surface area contributed by atoms with Gasteiger partial charge in [-0.25, -0.2) is 13.2 Å². The van der Waals surface area contributed by atoms with Gasteiger partial charge < -0.3 is 15.0 Å². The summed E-state index contributed by atoms with van der Waals surface area (Å²) in [5.74, 6) is -5.57. The molecule has 0 saturated heterocycles. The fourth-order valence-electron chi connectivity index (χ4n) is 2.27. The van der Waals surface area contributed by atoms with Crippen LogP contribution in [-0.4, -0.2) is 25.0 Å². The molecule has 0 radical (unpaired) electrons. The summed E-state index contributed by atoms with van der Waals surface area (Å²) < 4.78 is 45.8. The minimum atomic E-state index is -1.71. The first-order valence-electron chi connectivity index (χ1n) is 7.78. The molecule has 1 N–H and O–H groups in total. The average molecular weight is 366 g/mol. The second kappa shape index (κ2) is 8.37. The maximum absolute atomic E-state index is 14.0. The van der Waals surface area contributed by atoms with E-state index in [1.807, 2.05) is 0 Å². The molecule has 2 aromatic rings. The summed E-state index contributed by atoms with van der Waals surface area (Å²) in [7, 11) is 0. The minimum Gasteiger partial charge on any atom is -0.492 e. The molecule has 2 aromatic carbocycles. The minimum absolute atomic E-state index is 0.369. The van der Waals surface area contributed by atoms with Crippen LogP contribution < -0.4 is 15.0 Å². The molecule has 0 heterocycles. The number of halogens is 3. The Bertz CT molecular complexity index is 827. The highest BCUT2D eigenvalue weighted by molar-refractivity contribution is 6.02. The van der Waals surface area contributed by atoms with E-state index in [0.717, 1.165) is 17.9 Å². The first-order valence-corrected chi connectivity index (χ1v) is 7.78. The van der Waals surface area contributed by atoms with Gasteiger partial charge in [-0.2, -0.15) is 0 Å². The summed E-state index contributed by atoms with van der Waals surface area (Å²) in [5.41, 5.74) is -0.154. The van der Waals surface area contributed by atoms with E-state index in [0.29, 0.717) is 24.1 Å². The summed E-state index contributed by atoms with van der Waals surface area (Å²) in [6, 6.07) is 8.23. The lowest BCUT2D eigenvalue weighted by molar-refractivity contribution is -0.120. The van der Waals surface area contributed by atoms with Crippen LogP contribution in [0.1, 0.15) is 13.8 Å². The summed E-state index contributed by atoms with van der Waals surface area (Å²) in [5, 5.41) is 2.55. The number of benzene rings is 2. The second-order valence-corrected chi connectivity index (χ2v) is 5.28. The van der Waals surface area contributed by atoms with Gasteiger partial charge in [0.15, 0.2) is 17.5 Å². The Kier molecular flexibility index (Phi) is 6.21. The van der Waals surface area contributed by atoms with Crippen LogP contribution in [0.15, 0.2) is 36.4 Å². The van der Waals surface area contributed by atoms with Gasteiger partial charge in [-0.05, 0) is 31.2 Å². The van der Waals surface area contributed by atoms with E-state index in [-0.39, 0.29) is 0 Å². The molecule has 0 aliphatic rings. The van der Waals surface area contributed by atoms with E-state index in [1.54, 1.807) is 31.2 Å². The number of amides is 2. The molecule has 0 aromatic heterocycles. The summed E-state index contributed by atoms with van der Waals surface area (Å²) in [4.78, 5) is 24.8. The Morgan fingerprint density at radius 2 is 1.77 bits per heavy atom. The number of carbonyl (C=O) groups is 2. The Balaban J connectivity index is 2.22. The van der Waals surface area contributed by atoms with Gasteiger partial charge in [-0.3, -0.25) is 9.59 Å². The lowest BCUT2D eigenvalue weighted by atomic mass is 10.2. The highest BCUT2D eigenvalue weighted by atomic mass is 19.2. The van der Waals surface area contributed by atoms with Crippen molar-refractivity contribution in [1.29, 1.82) is 0 Å². The van der Waals surface area contributed by atoms with Gasteiger partial charge in [-0.15, -0.1) is 0 Å². The van der Waals surface area contributed by atoms with Crippen molar-refractivity contribution < 1.29 is 27.5 Å². The molecule has 0 unspecified atom stereocenters. The number of carbonyl (C=O) groups excluding carboxylic acids is 2. The molecule has 0 spiro atoms. The van der Waals surface area contributed by atoms with Gasteiger partial charge in [0.2, 0.25) is 11.8 Å². The standard InChI is InChI=1S/C18H17F3N2O3/c1-3-26-15-7-5-4-6-13(15)22-16(25)10-23(11(2)24)14-9-8-12(19)17(20)18(14)21/h4-9H,3,10H2,1-2H3,(H,22,25). The third-order valence-corrected chi connectivity index (χ3v) is 3.45. The van der Waals surface area contributed by atoms with Crippen molar-refractivity contribution in [3.05, 3.63) is 53.8 Å². The monoisotopic (exact) mass is 366 g/mol. The molecule has 0 aliphatic heterocycles. The number of hydrogen-bond acceptors (Lipinski definition) is 3. The maximum atomic E-state index is 14.0. The van der Waals surface area contributed by atoms with Crippen molar-refractivity contribution in [3.63, 3.8) is 0 Å². The van der Waals surface area contributed by atoms with E-state index in [9.17, 15) is 22.8 Å². The van der Waals surface area contributed by atoms with Crippen LogP contribution in [0.3, 0.4) is 0 Å². The fourth-order valence-corrected chi connectivity index (χ4v) is 2.27. The lowest BCUT2D eigenvalue weighted by Gasteiger charge is -2.22. The van der Waals surface area contributed by atoms with Crippen LogP contribution in [0.5, 0.6) is 5.75 Å². The largest absolute Gasteiger partial charge is 0.492 e. The van der Waals surface area contributed by atoms with Gasteiger partial charge >= 0.3 is 0 Å². The van der Waals surface area contributed by atoms with Gasteiger partial charge in [0.05, 0.1) is 18.0 Å². The zero-order chi connectivity index (χ0) is 19.3. The summed E-state index contributed by atoms with van der Waals surface area (Å²) >= 11 is 0. The van der Waals surface area contributed by atoms with Gasteiger partial charge in [0.25, 0.3) is 0 Å². The van der Waals surface area contributed by atoms with Crippen molar-refractivity contribution in [2.75, 3.05) is 23.4 Å². The SMILES string of the molecule is CCOc1ccccc1NC(=O)CN(C(C)=O)c1ccc(F)c(F)c1F. The van der Waals surface area contributed by atoms with Gasteiger partial charge in [0, 0.05) is 6.92 Å². The van der Waals surface area contributed by atoms with Crippen LogP contribution in [0.2, 0.25) is 0 Å². The molecule has 8 heteroatoms. The molecule has 5 nitrogen and oxygen atoms in total. The predicted molar refractivity (Wildman–Crippen MR) is 90.6 cm³/mol. The molecule has 0 atom stereocenters. The smallest absolute Gasteiger partial charge is 0.244 e. The van der Waals surface area contributed by atoms with Crippen LogP contribution >= 0.6 is 0 Å². The number of rotatable bonds is 6. The van der Waals surface area contributed by atoms with Crippen LogP contribution in [0.25, 0.3) is 0 Å². The third kappa shape index (κ3) is 4.33. The Morgan fingerprint density at radius 3 is 2.42 bits per heavy atom. The van der Waals surface area contributed by atoms with E-state index in [1.165, 1.54) is 0 Å². The van der Waals surface area contributed by atoms with Crippen molar-refractivity contribution in [2.24, 2.45) is 0 Å². The highest BCUT2D eigenvalue weighted by Gasteiger charge is 2.23. The van der Waals surface area contributed by atoms with E-state index in [4.69, 9.17) is 4.74 Å². The molecular weight excluding hydrogens is 349 g/mol. The Morgan fingerprint density at radius 1 is 1.08 bits per heavy atom. The molecule has 2 amide bonds. The molecule has 26 heavy (non-hydrogen) atoms. The number of hydrogen-bond donors (Lipinski definition) is 1. The van der Waals surface area contributed by atoms with Crippen molar-refractivity contribution in [1.82, 2.24) is 0 Å². The molecule has 0 saturated carbocycles. The quantitative estimate of drug-likeness (QED) is 0.796. The number of para-hydroxylation sites is 2. The lowest BCUT2D eigenvalue weighted by Crippen LogP contribution is -2.37. The maximum Gasteiger partial charge on any atom is 0.244 e. The van der Waals surface area contributed by atoms with Crippen molar-refractivity contribution in [2.45, 2.75) is 13.8 Å². The van der Waals surface area contributed by atoms with Gasteiger partial charge in [-0.1, -0.05) is 12.1 Å². The molecule has 2 rings (SSSR count). The number of nitrogens with zero attached hydrogens (tertiary/aromatic N) is 1. The molecule has 138 valence electrons. The summed E-state index contributed by atoms with van der Waals surface area (Å²) in [6.45, 7) is 2.66. The molecular formula is C18H17F3N2O3. The second-order valence-electron chi connectivity index (χ2n) is 5.28. The average Bonchev–Trinajstić information content (AvgIpc) is 2.60. The van der Waals surface area contributed by atoms with Gasteiger partial charge in [0.1, 0.15) is 12.3 Å². The van der Waals surface area contributed by atoms with E-state index in [2.05, 4.69) is 5.32 Å². The molecule has 0 fully saturated rings. The zero-order valence-corrected chi connectivity index (χ0v) is 14.2. The summed E-state index contributed by atoms with van der Waals surface area (Å²) in [6.07, 6.45) is 0. The molecule has 0 aliphatic carbocycles. The first kappa shape index (κ1) is 19.3. The topological polar surface area (TPSA) is 58.6 Å². The van der Waals surface area contributed by atoms with Crippen molar-refractivity contribution >= 4 is 23.2 Å². The van der Waals surface area contributed by atoms with E-state index >= 15 is 0 Å². The Labute approximate surface area is 148 Å². The fraction of sp³-hybridized carbons (Fsp3) is 0.222. The van der Waals surface area contributed by atoms with Crippen LogP contribution in [-0.2, 0) is 9.59 Å². The first-order chi connectivity index (χ1) is 12.3. The molecule has 0 bridgehead atoms. The number of nitrogens with one attached hydrogen (secondary N) is 1. The highest BCUT2D eigenvalue weighted by Crippen LogP contribution is 2.25. The van der Waals surface area contributed by atoms with E-state index < -0.39 is 41.5 Å². The van der Waals surface area contributed by atoms with Crippen molar-refractivity contribution in [3.8, 4) is 5.75 Å².